The number of halogens is 2. The van der Waals surface area contributed by atoms with Crippen LogP contribution in [0.25, 0.3) is 0 Å². The summed E-state index contributed by atoms with van der Waals surface area (Å²) >= 11 is 4.92. The summed E-state index contributed by atoms with van der Waals surface area (Å²) < 4.78 is 13.9. The Balaban J connectivity index is 2.59. The van der Waals surface area contributed by atoms with Crippen molar-refractivity contribution in [2.24, 2.45) is 0 Å². The molecule has 0 saturated heterocycles. The molecule has 72 valence electrons. The van der Waals surface area contributed by atoms with E-state index < -0.39 is 11.5 Å². The van der Waals surface area contributed by atoms with Crippen LogP contribution in [0.2, 0.25) is 0 Å². The molecular weight excluding hydrogens is 197 g/mol. The quantitative estimate of drug-likeness (QED) is 0.558. The van der Waals surface area contributed by atoms with Gasteiger partial charge in [0.1, 0.15) is 5.69 Å². The Labute approximate surface area is 79.7 Å². The van der Waals surface area contributed by atoms with Crippen LogP contribution in [0.5, 0.6) is 0 Å². The highest BCUT2D eigenvalue weighted by atomic mass is 35.5. The zero-order chi connectivity index (χ0) is 9.84. The van der Waals surface area contributed by atoms with E-state index in [1.54, 1.807) is 17.1 Å². The van der Waals surface area contributed by atoms with E-state index in [1.807, 2.05) is 6.92 Å². The molecule has 0 fully saturated rings. The highest BCUT2D eigenvalue weighted by molar-refractivity contribution is 6.31. The minimum absolute atomic E-state index is 0.496. The number of H-pyrrole nitrogens is 1. The Morgan fingerprint density at radius 3 is 3.08 bits per heavy atom. The molecule has 0 aliphatic rings. The molecule has 1 amide bonds. The van der Waals surface area contributed by atoms with Crippen LogP contribution in [-0.2, 0) is 11.3 Å². The fourth-order valence-electron chi connectivity index (χ4n) is 0.843. The average molecular weight is 207 g/mol. The second-order valence-corrected chi connectivity index (χ2v) is 2.82. The highest BCUT2D eigenvalue weighted by Gasteiger charge is 2.15. The molecule has 0 radical (unpaired) electrons. The minimum atomic E-state index is -2.01. The molecule has 1 atom stereocenters. The number of nitrogens with one attached hydrogen (secondary N) is 2. The first kappa shape index (κ1) is 9.98. The van der Waals surface area contributed by atoms with Crippen LogP contribution in [0, 0.1) is 0 Å². The van der Waals surface area contributed by atoms with Gasteiger partial charge in [-0.15, -0.1) is 4.68 Å². The fourth-order valence-corrected chi connectivity index (χ4v) is 0.897. The Morgan fingerprint density at radius 1 is 1.92 bits per heavy atom. The topological polar surface area (TPSA) is 48.8 Å². The first-order chi connectivity index (χ1) is 6.13. The number of amides is 1. The monoisotopic (exact) mass is 206 g/mol. The second-order valence-electron chi connectivity index (χ2n) is 2.43. The molecule has 1 unspecified atom stereocenters. The lowest BCUT2D eigenvalue weighted by atomic mass is 10.5. The van der Waals surface area contributed by atoms with E-state index in [4.69, 9.17) is 11.6 Å². The van der Waals surface area contributed by atoms with E-state index in [-0.39, 0.29) is 0 Å². The molecular formula is C7H10ClFN3O+. The number of rotatable bonds is 3. The van der Waals surface area contributed by atoms with Gasteiger partial charge in [0.15, 0.2) is 6.54 Å². The minimum Gasteiger partial charge on any atom is -0.316 e. The Morgan fingerprint density at radius 2 is 2.62 bits per heavy atom. The van der Waals surface area contributed by atoms with Gasteiger partial charge in [0.05, 0.1) is 6.20 Å². The van der Waals surface area contributed by atoms with Gasteiger partial charge in [-0.2, -0.15) is 5.10 Å². The van der Waals surface area contributed by atoms with E-state index >= 15 is 0 Å². The molecule has 1 aromatic rings. The normalized spacial score (nSPS) is 12.5. The van der Waals surface area contributed by atoms with Crippen LogP contribution < -0.4 is 10.00 Å². The van der Waals surface area contributed by atoms with Crippen molar-refractivity contribution in [1.82, 2.24) is 5.10 Å². The summed E-state index contributed by atoms with van der Waals surface area (Å²) in [5.41, 5.74) is -1.51. The smallest absolute Gasteiger partial charge is 0.274 e. The fraction of sp³-hybridized carbons (Fsp3) is 0.429. The largest absolute Gasteiger partial charge is 0.316 e. The van der Waals surface area contributed by atoms with Gasteiger partial charge in [-0.25, -0.2) is 4.39 Å². The summed E-state index contributed by atoms with van der Waals surface area (Å²) in [5, 5.41) is 5.13. The molecule has 6 heteroatoms. The number of anilines is 1. The predicted molar refractivity (Wildman–Crippen MR) is 46.0 cm³/mol. The van der Waals surface area contributed by atoms with Crippen LogP contribution in [0.1, 0.15) is 6.92 Å². The maximum Gasteiger partial charge on any atom is 0.274 e. The van der Waals surface area contributed by atoms with Crippen LogP contribution in [0.15, 0.2) is 12.4 Å². The molecule has 1 heterocycles. The van der Waals surface area contributed by atoms with Gasteiger partial charge in [-0.3, -0.25) is 4.79 Å². The Bertz CT molecular complexity index is 300. The van der Waals surface area contributed by atoms with Gasteiger partial charge in [-0.05, 0) is 6.92 Å². The number of aromatic nitrogens is 2. The molecule has 0 aliphatic heterocycles. The highest BCUT2D eigenvalue weighted by Crippen LogP contribution is 2.04. The SMILES string of the molecule is CC[n+]1cc(NC(=O)C(F)Cl)c[nH]1. The van der Waals surface area contributed by atoms with Crippen molar-refractivity contribution in [3.05, 3.63) is 12.4 Å². The van der Waals surface area contributed by atoms with Gasteiger partial charge in [0.2, 0.25) is 6.20 Å². The van der Waals surface area contributed by atoms with Crippen molar-refractivity contribution in [3.63, 3.8) is 0 Å². The number of hydrogen-bond acceptors (Lipinski definition) is 1. The lowest BCUT2D eigenvalue weighted by Gasteiger charge is -1.97. The Kier molecular flexibility index (Phi) is 3.25. The second kappa shape index (κ2) is 4.23. The first-order valence-corrected chi connectivity index (χ1v) is 4.24. The zero-order valence-corrected chi connectivity index (χ0v) is 7.81. The number of aromatic amines is 1. The summed E-state index contributed by atoms with van der Waals surface area (Å²) in [6.07, 6.45) is 3.21. The van der Waals surface area contributed by atoms with E-state index in [0.29, 0.717) is 5.69 Å². The number of aryl methyl sites for hydroxylation is 1. The van der Waals surface area contributed by atoms with Gasteiger partial charge in [0.25, 0.3) is 11.5 Å². The van der Waals surface area contributed by atoms with E-state index in [0.717, 1.165) is 6.54 Å². The predicted octanol–water partition coefficient (Wildman–Crippen LogP) is 0.795. The summed E-state index contributed by atoms with van der Waals surface area (Å²) in [7, 11) is 0. The third kappa shape index (κ3) is 2.69. The Hall–Kier alpha value is -1.10. The van der Waals surface area contributed by atoms with Gasteiger partial charge in [0, 0.05) is 0 Å². The van der Waals surface area contributed by atoms with Crippen molar-refractivity contribution >= 4 is 23.2 Å². The van der Waals surface area contributed by atoms with Gasteiger partial charge in [-0.1, -0.05) is 11.6 Å². The molecule has 4 nitrogen and oxygen atoms in total. The first-order valence-electron chi connectivity index (χ1n) is 3.80. The van der Waals surface area contributed by atoms with Crippen LogP contribution >= 0.6 is 11.6 Å². The van der Waals surface area contributed by atoms with E-state index in [9.17, 15) is 9.18 Å². The van der Waals surface area contributed by atoms with Crippen molar-refractivity contribution in [1.29, 1.82) is 0 Å². The van der Waals surface area contributed by atoms with Crippen LogP contribution in [0.3, 0.4) is 0 Å². The van der Waals surface area contributed by atoms with Crippen molar-refractivity contribution in [2.45, 2.75) is 19.1 Å². The zero-order valence-electron chi connectivity index (χ0n) is 7.05. The number of hydrogen-bond donors (Lipinski definition) is 2. The third-order valence-electron chi connectivity index (χ3n) is 1.49. The molecule has 2 N–H and O–H groups in total. The summed E-state index contributed by atoms with van der Waals surface area (Å²) in [6.45, 7) is 2.68. The number of alkyl halides is 2. The molecule has 0 aliphatic carbocycles. The van der Waals surface area contributed by atoms with Crippen molar-refractivity contribution in [3.8, 4) is 0 Å². The van der Waals surface area contributed by atoms with Gasteiger partial charge >= 0.3 is 0 Å². The van der Waals surface area contributed by atoms with Crippen molar-refractivity contribution < 1.29 is 13.9 Å². The maximum absolute atomic E-state index is 12.2. The van der Waals surface area contributed by atoms with Gasteiger partial charge < -0.3 is 5.32 Å². The number of carbonyl (C=O) groups excluding carboxylic acids is 1. The van der Waals surface area contributed by atoms with Crippen LogP contribution in [0.4, 0.5) is 10.1 Å². The molecule has 1 rings (SSSR count). The third-order valence-corrected chi connectivity index (χ3v) is 1.69. The van der Waals surface area contributed by atoms with E-state index in [1.165, 1.54) is 0 Å². The lowest BCUT2D eigenvalue weighted by Crippen LogP contribution is -2.32. The average Bonchev–Trinajstić information content (AvgIpc) is 2.52. The van der Waals surface area contributed by atoms with Crippen molar-refractivity contribution in [2.75, 3.05) is 5.32 Å². The molecule has 0 spiro atoms. The lowest BCUT2D eigenvalue weighted by molar-refractivity contribution is -0.746. The molecule has 0 bridgehead atoms. The molecule has 0 saturated carbocycles. The summed E-state index contributed by atoms with van der Waals surface area (Å²) in [4.78, 5) is 10.8. The molecule has 0 aromatic carbocycles. The maximum atomic E-state index is 12.2. The summed E-state index contributed by atoms with van der Waals surface area (Å²) in [6, 6.07) is 0. The molecule has 1 aromatic heterocycles. The van der Waals surface area contributed by atoms with E-state index in [2.05, 4.69) is 10.4 Å². The molecule has 13 heavy (non-hydrogen) atoms. The van der Waals surface area contributed by atoms with Crippen LogP contribution in [-0.4, -0.2) is 16.6 Å². The number of nitrogens with zero attached hydrogens (tertiary/aromatic N) is 1. The standard InChI is InChI=1S/C7H9ClFN3O/c1-2-12-4-5(3-10-12)11-7(13)6(8)9/h3-4,6H,2H2,1H3,(H,11,13)/p+1. The summed E-state index contributed by atoms with van der Waals surface area (Å²) in [5.74, 6) is -0.857. The number of carbonyl (C=O) groups is 1.